The Hall–Kier alpha value is -4.06. The van der Waals surface area contributed by atoms with Crippen LogP contribution in [0.2, 0.25) is 0 Å². The molecule has 0 radical (unpaired) electrons. The molecule has 1 atom stereocenters. The number of nitrogens with zero attached hydrogens (tertiary/aromatic N) is 1. The normalized spacial score (nSPS) is 16.8. The van der Waals surface area contributed by atoms with Crippen LogP contribution in [0.3, 0.4) is 0 Å². The highest BCUT2D eigenvalue weighted by Gasteiger charge is 2.46. The van der Waals surface area contributed by atoms with E-state index < -0.39 is 17.7 Å². The van der Waals surface area contributed by atoms with Gasteiger partial charge in [-0.1, -0.05) is 64.1 Å². The van der Waals surface area contributed by atoms with Crippen LogP contribution < -0.4 is 9.47 Å². The molecule has 1 N–H and O–H groups in total. The zero-order valence-corrected chi connectivity index (χ0v) is 23.5. The average molecular weight is 528 g/mol. The number of aliphatic hydroxyl groups is 1. The van der Waals surface area contributed by atoms with Gasteiger partial charge < -0.3 is 19.5 Å². The molecule has 1 saturated heterocycles. The van der Waals surface area contributed by atoms with Gasteiger partial charge in [-0.25, -0.2) is 0 Å². The molecule has 3 aromatic carbocycles. The molecule has 1 aliphatic heterocycles. The van der Waals surface area contributed by atoms with Crippen LogP contribution in [0, 0.1) is 12.8 Å². The Morgan fingerprint density at radius 3 is 2.18 bits per heavy atom. The molecule has 1 amide bonds. The molecule has 6 nitrogen and oxygen atoms in total. The molecule has 0 bridgehead atoms. The van der Waals surface area contributed by atoms with Gasteiger partial charge in [0.15, 0.2) is 0 Å². The smallest absolute Gasteiger partial charge is 0.295 e. The third-order valence-electron chi connectivity index (χ3n) is 6.99. The van der Waals surface area contributed by atoms with Crippen LogP contribution >= 0.6 is 0 Å². The minimum absolute atomic E-state index is 0.0843. The minimum atomic E-state index is -0.731. The Labute approximate surface area is 230 Å². The Morgan fingerprint density at radius 2 is 1.62 bits per heavy atom. The van der Waals surface area contributed by atoms with Gasteiger partial charge in [0.25, 0.3) is 11.7 Å². The Balaban J connectivity index is 1.78. The number of ketones is 1. The van der Waals surface area contributed by atoms with Gasteiger partial charge in [-0.3, -0.25) is 9.59 Å². The first-order chi connectivity index (χ1) is 18.6. The lowest BCUT2D eigenvalue weighted by atomic mass is 9.92. The topological polar surface area (TPSA) is 76.1 Å². The van der Waals surface area contributed by atoms with Crippen molar-refractivity contribution in [3.8, 4) is 11.5 Å². The molecule has 0 aromatic heterocycles. The summed E-state index contributed by atoms with van der Waals surface area (Å²) in [6.45, 7) is 11.1. The second-order valence-corrected chi connectivity index (χ2v) is 10.8. The number of ether oxygens (including phenoxy) is 2. The largest absolute Gasteiger partial charge is 0.507 e. The number of carbonyl (C=O) groups excluding carboxylic acids is 2. The number of likely N-dealkylation sites (tertiary alicyclic amines) is 1. The monoisotopic (exact) mass is 527 g/mol. The Bertz CT molecular complexity index is 1370. The molecule has 4 rings (SSSR count). The molecular weight excluding hydrogens is 490 g/mol. The first kappa shape index (κ1) is 28.0. The molecule has 3 aromatic rings. The van der Waals surface area contributed by atoms with Gasteiger partial charge in [0.2, 0.25) is 0 Å². The number of benzene rings is 3. The summed E-state index contributed by atoms with van der Waals surface area (Å²) in [4.78, 5) is 28.4. The second-order valence-electron chi connectivity index (χ2n) is 10.8. The number of hydrogen-bond donors (Lipinski definition) is 1. The number of aryl methyl sites for hydroxylation is 1. The van der Waals surface area contributed by atoms with Crippen molar-refractivity contribution in [1.82, 2.24) is 4.90 Å². The fraction of sp³-hybridized carbons (Fsp3) is 0.333. The molecule has 1 unspecified atom stereocenters. The zero-order valence-electron chi connectivity index (χ0n) is 23.5. The summed E-state index contributed by atoms with van der Waals surface area (Å²) in [5, 5.41) is 11.5. The van der Waals surface area contributed by atoms with Crippen molar-refractivity contribution in [3.05, 3.63) is 100 Å². The maximum atomic E-state index is 13.5. The summed E-state index contributed by atoms with van der Waals surface area (Å²) in [5.41, 5.74) is 4.16. The van der Waals surface area contributed by atoms with E-state index in [9.17, 15) is 14.7 Å². The number of methoxy groups -OCH3 is 1. The lowest BCUT2D eigenvalue weighted by molar-refractivity contribution is -0.140. The van der Waals surface area contributed by atoms with Crippen molar-refractivity contribution in [1.29, 1.82) is 0 Å². The summed E-state index contributed by atoms with van der Waals surface area (Å²) in [6.07, 6.45) is 0. The highest BCUT2D eigenvalue weighted by molar-refractivity contribution is 6.46. The van der Waals surface area contributed by atoms with Crippen molar-refractivity contribution in [3.63, 3.8) is 0 Å². The molecule has 0 aliphatic carbocycles. The van der Waals surface area contributed by atoms with Gasteiger partial charge in [0.1, 0.15) is 17.3 Å². The maximum Gasteiger partial charge on any atom is 0.295 e. The van der Waals surface area contributed by atoms with E-state index in [1.54, 1.807) is 25.3 Å². The fourth-order valence-electron chi connectivity index (χ4n) is 4.75. The van der Waals surface area contributed by atoms with Crippen molar-refractivity contribution in [2.45, 2.75) is 53.1 Å². The van der Waals surface area contributed by atoms with Crippen molar-refractivity contribution >= 4 is 17.4 Å². The van der Waals surface area contributed by atoms with Crippen LogP contribution in [0.25, 0.3) is 5.76 Å². The van der Waals surface area contributed by atoms with E-state index in [0.717, 1.165) is 28.0 Å². The van der Waals surface area contributed by atoms with Crippen LogP contribution in [0.1, 0.15) is 67.5 Å². The van der Waals surface area contributed by atoms with Crippen molar-refractivity contribution < 1.29 is 24.2 Å². The highest BCUT2D eigenvalue weighted by atomic mass is 16.5. The predicted molar refractivity (Wildman–Crippen MR) is 153 cm³/mol. The van der Waals surface area contributed by atoms with Gasteiger partial charge in [-0.2, -0.15) is 0 Å². The summed E-state index contributed by atoms with van der Waals surface area (Å²) in [7, 11) is 1.60. The van der Waals surface area contributed by atoms with Crippen molar-refractivity contribution in [2.75, 3.05) is 13.7 Å². The summed E-state index contributed by atoms with van der Waals surface area (Å²) in [6, 6.07) is 19.9. The third kappa shape index (κ3) is 6.00. The first-order valence-electron chi connectivity index (χ1n) is 13.4. The van der Waals surface area contributed by atoms with Crippen molar-refractivity contribution in [2.24, 2.45) is 5.92 Å². The Kier molecular flexibility index (Phi) is 8.44. The quantitative estimate of drug-likeness (QED) is 0.189. The fourth-order valence-corrected chi connectivity index (χ4v) is 4.75. The maximum absolute atomic E-state index is 13.5. The molecule has 1 fully saturated rings. The van der Waals surface area contributed by atoms with Gasteiger partial charge in [-0.05, 0) is 71.3 Å². The van der Waals surface area contributed by atoms with E-state index in [1.807, 2.05) is 55.5 Å². The lowest BCUT2D eigenvalue weighted by Crippen LogP contribution is -2.29. The number of amides is 1. The van der Waals surface area contributed by atoms with E-state index in [-0.39, 0.29) is 17.9 Å². The number of carbonyl (C=O) groups is 2. The highest BCUT2D eigenvalue weighted by Crippen LogP contribution is 2.41. The zero-order chi connectivity index (χ0) is 28.3. The van der Waals surface area contributed by atoms with Gasteiger partial charge in [-0.15, -0.1) is 0 Å². The van der Waals surface area contributed by atoms with Crippen LogP contribution in [0.4, 0.5) is 0 Å². The number of hydrogen-bond acceptors (Lipinski definition) is 5. The molecule has 1 aliphatic rings. The summed E-state index contributed by atoms with van der Waals surface area (Å²) < 4.78 is 11.1. The SMILES string of the molecule is COc1ccc(CN2C(=O)C(=O)/C(=C(\O)c3ccc(OCC(C)C)c(C)c3)C2c2ccc(C(C)C)cc2)cc1. The summed E-state index contributed by atoms with van der Waals surface area (Å²) in [5.74, 6) is 0.613. The first-order valence-corrected chi connectivity index (χ1v) is 13.4. The summed E-state index contributed by atoms with van der Waals surface area (Å²) >= 11 is 0. The standard InChI is InChI=1S/C33H37NO5/c1-20(2)19-39-28-16-13-26(17-22(28)5)31(35)29-30(25-11-9-24(10-12-25)21(3)4)34(33(37)32(29)36)18-23-7-14-27(38-6)15-8-23/h7-17,20-21,30,35H,18-19H2,1-6H3/b31-29-. The van der Waals surface area contributed by atoms with E-state index in [2.05, 4.69) is 27.7 Å². The van der Waals surface area contributed by atoms with E-state index >= 15 is 0 Å². The van der Waals surface area contributed by atoms with E-state index in [1.165, 1.54) is 4.90 Å². The average Bonchev–Trinajstić information content (AvgIpc) is 3.17. The van der Waals surface area contributed by atoms with Gasteiger partial charge >= 0.3 is 0 Å². The molecule has 1 heterocycles. The van der Waals surface area contributed by atoms with Crippen LogP contribution in [0.15, 0.2) is 72.3 Å². The number of aliphatic hydroxyl groups excluding tert-OH is 1. The molecular formula is C33H37NO5. The second kappa shape index (κ2) is 11.8. The van der Waals surface area contributed by atoms with Crippen LogP contribution in [0.5, 0.6) is 11.5 Å². The molecule has 204 valence electrons. The Morgan fingerprint density at radius 1 is 0.949 bits per heavy atom. The lowest BCUT2D eigenvalue weighted by Gasteiger charge is -2.26. The number of rotatable bonds is 9. The third-order valence-corrected chi connectivity index (χ3v) is 6.99. The van der Waals surface area contributed by atoms with E-state index in [0.29, 0.717) is 29.8 Å². The van der Waals surface area contributed by atoms with Crippen LogP contribution in [-0.4, -0.2) is 35.4 Å². The molecule has 0 saturated carbocycles. The molecule has 0 spiro atoms. The van der Waals surface area contributed by atoms with Crippen LogP contribution in [-0.2, 0) is 16.1 Å². The predicted octanol–water partition coefficient (Wildman–Crippen LogP) is 6.78. The van der Waals surface area contributed by atoms with Gasteiger partial charge in [0, 0.05) is 12.1 Å². The number of Topliss-reactive ketones (excluding diaryl/α,β-unsaturated/α-hetero) is 1. The molecule has 6 heteroatoms. The minimum Gasteiger partial charge on any atom is -0.507 e. The molecule has 39 heavy (non-hydrogen) atoms. The van der Waals surface area contributed by atoms with E-state index in [4.69, 9.17) is 9.47 Å². The van der Waals surface area contributed by atoms with Gasteiger partial charge in [0.05, 0.1) is 25.3 Å².